The minimum absolute atomic E-state index is 0.248. The second-order valence-corrected chi connectivity index (χ2v) is 9.30. The Bertz CT molecular complexity index is 862. The van der Waals surface area contributed by atoms with Crippen molar-refractivity contribution < 1.29 is 8.42 Å². The molecular weight excluding hydrogens is 352 g/mol. The van der Waals surface area contributed by atoms with Crippen LogP contribution in [0.3, 0.4) is 0 Å². The van der Waals surface area contributed by atoms with Gasteiger partial charge in [-0.15, -0.1) is 0 Å². The maximum atomic E-state index is 12.3. The summed E-state index contributed by atoms with van der Waals surface area (Å²) in [7, 11) is -0.205. The molecule has 9 heteroatoms. The predicted octanol–water partition coefficient (Wildman–Crippen LogP) is 1.59. The Kier molecular flexibility index (Phi) is 5.40. The second kappa shape index (κ2) is 7.42. The van der Waals surface area contributed by atoms with Crippen molar-refractivity contribution in [3.8, 4) is 11.4 Å². The highest BCUT2D eigenvalue weighted by Crippen LogP contribution is 2.25. The van der Waals surface area contributed by atoms with Gasteiger partial charge >= 0.3 is 0 Å². The maximum Gasteiger partial charge on any atom is 0.281 e. The molecule has 3 heterocycles. The molecule has 1 fully saturated rings. The first-order valence-corrected chi connectivity index (χ1v) is 10.2. The van der Waals surface area contributed by atoms with E-state index in [1.807, 2.05) is 16.8 Å². The third kappa shape index (κ3) is 3.79. The summed E-state index contributed by atoms with van der Waals surface area (Å²) >= 11 is 0. The largest absolute Gasteiger partial charge is 0.281 e. The molecule has 0 saturated carbocycles. The van der Waals surface area contributed by atoms with Crippen LogP contribution in [0, 0.1) is 5.92 Å². The molecule has 0 aliphatic carbocycles. The Hall–Kier alpha value is -1.84. The third-order valence-corrected chi connectivity index (χ3v) is 6.59. The van der Waals surface area contributed by atoms with Crippen LogP contribution in [0.1, 0.15) is 32.0 Å². The van der Waals surface area contributed by atoms with E-state index in [2.05, 4.69) is 28.9 Å². The monoisotopic (exact) mass is 378 g/mol. The lowest BCUT2D eigenvalue weighted by molar-refractivity contribution is 0.409. The minimum atomic E-state index is -3.34. The Balaban J connectivity index is 1.73. The van der Waals surface area contributed by atoms with Gasteiger partial charge in [-0.25, -0.2) is 9.97 Å². The fourth-order valence-electron chi connectivity index (χ4n) is 3.28. The first kappa shape index (κ1) is 18.9. The van der Waals surface area contributed by atoms with Crippen LogP contribution >= 0.6 is 0 Å². The van der Waals surface area contributed by atoms with Gasteiger partial charge in [-0.05, 0) is 44.7 Å². The molecule has 1 saturated heterocycles. The van der Waals surface area contributed by atoms with Crippen molar-refractivity contribution in [2.45, 2.75) is 32.7 Å². The number of nitrogens with zero attached hydrogens (tertiary/aromatic N) is 6. The fraction of sp³-hybridized carbons (Fsp3) is 0.588. The van der Waals surface area contributed by atoms with Crippen LogP contribution in [-0.2, 0) is 16.6 Å². The van der Waals surface area contributed by atoms with Gasteiger partial charge in [0, 0.05) is 45.1 Å². The SMILES string of the molecule is CC(C)n1nccc1-c1cc(C[C@@H]2CCN(S(=O)(=O)N(C)C)C2)ncn1. The Morgan fingerprint density at radius 2 is 2.08 bits per heavy atom. The predicted molar refractivity (Wildman–Crippen MR) is 99.6 cm³/mol. The van der Waals surface area contributed by atoms with E-state index in [-0.39, 0.29) is 12.0 Å². The Morgan fingerprint density at radius 3 is 2.77 bits per heavy atom. The van der Waals surface area contributed by atoms with Gasteiger partial charge in [-0.3, -0.25) is 4.68 Å². The van der Waals surface area contributed by atoms with Crippen LogP contribution in [0.15, 0.2) is 24.7 Å². The van der Waals surface area contributed by atoms with E-state index in [9.17, 15) is 8.42 Å². The van der Waals surface area contributed by atoms with Gasteiger partial charge in [0.1, 0.15) is 6.33 Å². The van der Waals surface area contributed by atoms with Gasteiger partial charge in [-0.1, -0.05) is 0 Å². The van der Waals surface area contributed by atoms with E-state index in [1.54, 1.807) is 30.9 Å². The zero-order valence-corrected chi connectivity index (χ0v) is 16.5. The lowest BCUT2D eigenvalue weighted by Crippen LogP contribution is -2.38. The molecule has 0 N–H and O–H groups in total. The molecular formula is C17H26N6O2S. The highest BCUT2D eigenvalue weighted by Gasteiger charge is 2.32. The number of aromatic nitrogens is 4. The summed E-state index contributed by atoms with van der Waals surface area (Å²) in [6.45, 7) is 5.25. The van der Waals surface area contributed by atoms with Crippen LogP contribution in [0.4, 0.5) is 0 Å². The number of hydrogen-bond acceptors (Lipinski definition) is 5. The summed E-state index contributed by atoms with van der Waals surface area (Å²) in [5, 5.41) is 4.36. The van der Waals surface area contributed by atoms with Crippen molar-refractivity contribution in [3.63, 3.8) is 0 Å². The lowest BCUT2D eigenvalue weighted by Gasteiger charge is -2.20. The molecule has 26 heavy (non-hydrogen) atoms. The Morgan fingerprint density at radius 1 is 1.31 bits per heavy atom. The normalized spacial score (nSPS) is 18.9. The molecule has 0 aromatic carbocycles. The Labute approximate surface area is 155 Å². The molecule has 2 aromatic rings. The van der Waals surface area contributed by atoms with E-state index in [0.29, 0.717) is 13.1 Å². The smallest absolute Gasteiger partial charge is 0.261 e. The summed E-state index contributed by atoms with van der Waals surface area (Å²) in [5.41, 5.74) is 2.74. The molecule has 1 aliphatic rings. The molecule has 1 atom stereocenters. The summed E-state index contributed by atoms with van der Waals surface area (Å²) < 4.78 is 29.3. The van der Waals surface area contributed by atoms with E-state index in [0.717, 1.165) is 29.9 Å². The van der Waals surface area contributed by atoms with Crippen LogP contribution in [-0.4, -0.2) is 64.0 Å². The van der Waals surface area contributed by atoms with Gasteiger partial charge in [0.15, 0.2) is 0 Å². The summed E-state index contributed by atoms with van der Waals surface area (Å²) in [6.07, 6.45) is 4.94. The van der Waals surface area contributed by atoms with E-state index >= 15 is 0 Å². The van der Waals surface area contributed by atoms with Crippen LogP contribution in [0.5, 0.6) is 0 Å². The molecule has 2 aromatic heterocycles. The summed E-state index contributed by atoms with van der Waals surface area (Å²) in [4.78, 5) is 8.78. The standard InChI is InChI=1S/C17H26N6O2S/c1-13(2)23-17(5-7-20-23)16-10-15(18-12-19-16)9-14-6-8-22(11-14)26(24,25)21(3)4/h5,7,10,12-14H,6,8-9,11H2,1-4H3/t14-/m0/s1. The van der Waals surface area contributed by atoms with Gasteiger partial charge in [0.25, 0.3) is 10.2 Å². The minimum Gasteiger partial charge on any atom is -0.261 e. The van der Waals surface area contributed by atoms with Gasteiger partial charge in [0.2, 0.25) is 0 Å². The maximum absolute atomic E-state index is 12.3. The van der Waals surface area contributed by atoms with Crippen LogP contribution < -0.4 is 0 Å². The van der Waals surface area contributed by atoms with Crippen molar-refractivity contribution in [2.75, 3.05) is 27.2 Å². The molecule has 0 amide bonds. The number of hydrogen-bond donors (Lipinski definition) is 0. The molecule has 142 valence electrons. The number of rotatable bonds is 6. The van der Waals surface area contributed by atoms with Gasteiger partial charge in [-0.2, -0.15) is 22.1 Å². The van der Waals surface area contributed by atoms with Gasteiger partial charge < -0.3 is 0 Å². The first-order valence-electron chi connectivity index (χ1n) is 8.81. The highest BCUT2D eigenvalue weighted by atomic mass is 32.2. The molecule has 0 bridgehead atoms. The second-order valence-electron chi connectivity index (χ2n) is 7.16. The van der Waals surface area contributed by atoms with Gasteiger partial charge in [0.05, 0.1) is 11.4 Å². The van der Waals surface area contributed by atoms with E-state index in [4.69, 9.17) is 0 Å². The lowest BCUT2D eigenvalue weighted by atomic mass is 10.0. The molecule has 1 aliphatic heterocycles. The first-order chi connectivity index (χ1) is 12.3. The zero-order valence-electron chi connectivity index (χ0n) is 15.7. The molecule has 8 nitrogen and oxygen atoms in total. The zero-order chi connectivity index (χ0) is 18.9. The van der Waals surface area contributed by atoms with E-state index in [1.165, 1.54) is 4.31 Å². The van der Waals surface area contributed by atoms with Crippen molar-refractivity contribution >= 4 is 10.2 Å². The summed E-state index contributed by atoms with van der Waals surface area (Å²) in [6, 6.07) is 4.18. The van der Waals surface area contributed by atoms with Crippen molar-refractivity contribution in [1.82, 2.24) is 28.4 Å². The molecule has 3 rings (SSSR count). The molecule has 0 unspecified atom stereocenters. The average molecular weight is 379 g/mol. The van der Waals surface area contributed by atoms with Crippen molar-refractivity contribution in [2.24, 2.45) is 5.92 Å². The average Bonchev–Trinajstić information content (AvgIpc) is 3.24. The topological polar surface area (TPSA) is 84.2 Å². The summed E-state index contributed by atoms with van der Waals surface area (Å²) in [5.74, 6) is 0.266. The molecule has 0 radical (unpaired) electrons. The fourth-order valence-corrected chi connectivity index (χ4v) is 4.48. The van der Waals surface area contributed by atoms with Crippen molar-refractivity contribution in [1.29, 1.82) is 0 Å². The highest BCUT2D eigenvalue weighted by molar-refractivity contribution is 7.86. The molecule has 0 spiro atoms. The van der Waals surface area contributed by atoms with Crippen LogP contribution in [0.2, 0.25) is 0 Å². The van der Waals surface area contributed by atoms with Crippen LogP contribution in [0.25, 0.3) is 11.4 Å². The van der Waals surface area contributed by atoms with E-state index < -0.39 is 10.2 Å². The quantitative estimate of drug-likeness (QED) is 0.762. The van der Waals surface area contributed by atoms with Crippen molar-refractivity contribution in [3.05, 3.63) is 30.4 Å². The third-order valence-electron chi connectivity index (χ3n) is 4.68.